The largest absolute Gasteiger partial charge is 0.491 e. The van der Waals surface area contributed by atoms with Gasteiger partial charge in [0, 0.05) is 46.6 Å². The molecule has 41 heavy (non-hydrogen) atoms. The van der Waals surface area contributed by atoms with Crippen LogP contribution in [0.25, 0.3) is 0 Å². The molecule has 1 saturated heterocycles. The smallest absolute Gasteiger partial charge is 0.307 e. The molecule has 2 N–H and O–H groups in total. The summed E-state index contributed by atoms with van der Waals surface area (Å²) >= 11 is 0. The maximum Gasteiger partial charge on any atom is 0.307 e. The number of methoxy groups -OCH3 is 1. The van der Waals surface area contributed by atoms with Gasteiger partial charge in [-0.1, -0.05) is 0 Å². The van der Waals surface area contributed by atoms with Gasteiger partial charge in [-0.2, -0.15) is 0 Å². The van der Waals surface area contributed by atoms with Gasteiger partial charge in [0.15, 0.2) is 0 Å². The minimum atomic E-state index is -1.16. The zero-order valence-corrected chi connectivity index (χ0v) is 23.6. The van der Waals surface area contributed by atoms with E-state index in [0.29, 0.717) is 6.42 Å². The Bertz CT molecular complexity index is 1190. The van der Waals surface area contributed by atoms with E-state index in [9.17, 15) is 33.2 Å². The van der Waals surface area contributed by atoms with Crippen molar-refractivity contribution in [3.8, 4) is 5.75 Å². The lowest BCUT2D eigenvalue weighted by Crippen LogP contribution is -2.49. The van der Waals surface area contributed by atoms with Crippen molar-refractivity contribution in [2.75, 3.05) is 47.4 Å². The molecular weight excluding hydrogens is 541 g/mol. The van der Waals surface area contributed by atoms with Gasteiger partial charge < -0.3 is 34.8 Å². The molecule has 0 spiro atoms. The molecule has 5 amide bonds. The molecule has 224 valence electrons. The van der Waals surface area contributed by atoms with Gasteiger partial charge in [0.25, 0.3) is 5.91 Å². The molecule has 0 saturated carbocycles. The van der Waals surface area contributed by atoms with E-state index in [1.54, 1.807) is 0 Å². The first-order valence-corrected chi connectivity index (χ1v) is 13.3. The molecule has 1 fully saturated rings. The van der Waals surface area contributed by atoms with Crippen molar-refractivity contribution >= 4 is 35.5 Å². The highest BCUT2D eigenvalue weighted by Crippen LogP contribution is 2.26. The van der Waals surface area contributed by atoms with E-state index in [0.717, 1.165) is 17.0 Å². The summed E-state index contributed by atoms with van der Waals surface area (Å²) in [5.74, 6) is -3.58. The van der Waals surface area contributed by atoms with Crippen LogP contribution in [-0.4, -0.2) is 116 Å². The fourth-order valence-electron chi connectivity index (χ4n) is 4.93. The molecule has 1 aromatic carbocycles. The number of carbonyl (C=O) groups is 6. The number of hydrogen-bond donors (Lipinski definition) is 2. The molecule has 14 heteroatoms. The highest BCUT2D eigenvalue weighted by molar-refractivity contribution is 5.99. The van der Waals surface area contributed by atoms with Crippen LogP contribution in [0.1, 0.15) is 43.0 Å². The molecule has 0 aliphatic carbocycles. The molecule has 0 unspecified atom stereocenters. The van der Waals surface area contributed by atoms with E-state index >= 15 is 0 Å². The van der Waals surface area contributed by atoms with Crippen molar-refractivity contribution in [1.82, 2.24) is 25.3 Å². The van der Waals surface area contributed by atoms with Crippen LogP contribution in [0.3, 0.4) is 0 Å². The number of fused-ring (bicyclic) bond motifs is 2. The Labute approximate surface area is 237 Å². The van der Waals surface area contributed by atoms with E-state index in [1.165, 1.54) is 44.0 Å². The third-order valence-electron chi connectivity index (χ3n) is 7.12. The van der Waals surface area contributed by atoms with Crippen molar-refractivity contribution < 1.29 is 42.6 Å². The minimum Gasteiger partial charge on any atom is -0.491 e. The maximum atomic E-state index is 14.3. The van der Waals surface area contributed by atoms with Crippen molar-refractivity contribution in [2.45, 2.75) is 50.7 Å². The van der Waals surface area contributed by atoms with E-state index in [2.05, 4.69) is 15.4 Å². The predicted octanol–water partition coefficient (Wildman–Crippen LogP) is -0.318. The number of likely N-dealkylation sites (N-methyl/N-ethyl adjacent to an activating group) is 2. The van der Waals surface area contributed by atoms with Crippen molar-refractivity contribution in [3.63, 3.8) is 0 Å². The Hall–Kier alpha value is -4.23. The second-order valence-electron chi connectivity index (χ2n) is 10.1. The van der Waals surface area contributed by atoms with E-state index in [1.807, 2.05) is 0 Å². The lowest BCUT2D eigenvalue weighted by Gasteiger charge is -2.28. The minimum absolute atomic E-state index is 0.0477. The summed E-state index contributed by atoms with van der Waals surface area (Å²) in [6, 6.07) is 1.44. The lowest BCUT2D eigenvalue weighted by molar-refractivity contribution is -0.141. The maximum absolute atomic E-state index is 14.3. The molecule has 3 atom stereocenters. The SMILES string of the molecule is COC(=O)CCNC(=O)[C@@H]1CCC(=O)N(C)CC(=O)N2C[C@@H](NC(C)=O)C[C@H]2COc2ccc(F)cc2C(=O)N1C. The zero-order valence-electron chi connectivity index (χ0n) is 23.6. The Kier molecular flexibility index (Phi) is 10.6. The number of nitrogens with zero attached hydrogens (tertiary/aromatic N) is 3. The second-order valence-corrected chi connectivity index (χ2v) is 10.1. The van der Waals surface area contributed by atoms with Gasteiger partial charge in [-0.3, -0.25) is 28.8 Å². The number of nitrogens with one attached hydrogen (secondary N) is 2. The summed E-state index contributed by atoms with van der Waals surface area (Å²) in [5.41, 5.74) is -0.146. The molecular formula is C27H36FN5O8. The summed E-state index contributed by atoms with van der Waals surface area (Å²) < 4.78 is 24.8. The second kappa shape index (κ2) is 13.9. The van der Waals surface area contributed by atoms with Gasteiger partial charge >= 0.3 is 5.97 Å². The van der Waals surface area contributed by atoms with Crippen LogP contribution in [0.4, 0.5) is 4.39 Å². The highest BCUT2D eigenvalue weighted by atomic mass is 19.1. The van der Waals surface area contributed by atoms with Gasteiger partial charge in [0.1, 0.15) is 24.2 Å². The molecule has 3 rings (SSSR count). The normalized spacial score (nSPS) is 22.1. The van der Waals surface area contributed by atoms with Crippen LogP contribution in [-0.2, 0) is 28.7 Å². The predicted molar refractivity (Wildman–Crippen MR) is 142 cm³/mol. The first kappa shape index (κ1) is 31.3. The van der Waals surface area contributed by atoms with Crippen LogP contribution in [0, 0.1) is 5.82 Å². The Morgan fingerprint density at radius 2 is 1.88 bits per heavy atom. The number of hydrogen-bond acceptors (Lipinski definition) is 8. The molecule has 2 aliphatic heterocycles. The van der Waals surface area contributed by atoms with Gasteiger partial charge in [-0.25, -0.2) is 4.39 Å². The van der Waals surface area contributed by atoms with Crippen molar-refractivity contribution in [3.05, 3.63) is 29.6 Å². The molecule has 2 heterocycles. The third kappa shape index (κ3) is 8.14. The summed E-state index contributed by atoms with van der Waals surface area (Å²) in [5, 5.41) is 5.37. The summed E-state index contributed by atoms with van der Waals surface area (Å²) in [6.45, 7) is 1.22. The summed E-state index contributed by atoms with van der Waals surface area (Å²) in [7, 11) is 4.03. The Morgan fingerprint density at radius 1 is 1.15 bits per heavy atom. The summed E-state index contributed by atoms with van der Waals surface area (Å²) in [6.07, 6.45) is -0.00697. The van der Waals surface area contributed by atoms with Crippen molar-refractivity contribution in [2.24, 2.45) is 0 Å². The molecule has 13 nitrogen and oxygen atoms in total. The number of esters is 1. The highest BCUT2D eigenvalue weighted by Gasteiger charge is 2.38. The fraction of sp³-hybridized carbons (Fsp3) is 0.556. The number of ether oxygens (including phenoxy) is 2. The third-order valence-corrected chi connectivity index (χ3v) is 7.12. The standard InChI is InChI=1S/C27H36FN5O8/c1-16(34)30-18-12-19-15-41-22-7-5-17(28)11-20(22)27(39)32(3)21(26(38)29-10-9-25(37)40-4)6-8-23(35)31(2)14-24(36)33(19)13-18/h5,7,11,18-19,21H,6,8-10,12-15H2,1-4H3,(H,29,38)(H,30,34)/t18-,19-,21-/m0/s1. The molecule has 2 aliphatic rings. The van der Waals surface area contributed by atoms with Gasteiger partial charge in [0.2, 0.25) is 23.6 Å². The van der Waals surface area contributed by atoms with Crippen LogP contribution in [0.5, 0.6) is 5.75 Å². The first-order chi connectivity index (χ1) is 19.4. The number of rotatable bonds is 5. The van der Waals surface area contributed by atoms with Crippen LogP contribution in [0.15, 0.2) is 18.2 Å². The lowest BCUT2D eigenvalue weighted by atomic mass is 10.1. The van der Waals surface area contributed by atoms with Gasteiger partial charge in [0.05, 0.1) is 31.7 Å². The number of halogens is 1. The quantitative estimate of drug-likeness (QED) is 0.452. The summed E-state index contributed by atoms with van der Waals surface area (Å²) in [4.78, 5) is 79.9. The van der Waals surface area contributed by atoms with E-state index in [-0.39, 0.29) is 74.7 Å². The van der Waals surface area contributed by atoms with Crippen LogP contribution in [0.2, 0.25) is 0 Å². The zero-order chi connectivity index (χ0) is 30.3. The monoisotopic (exact) mass is 577 g/mol. The average Bonchev–Trinajstić information content (AvgIpc) is 3.32. The number of benzene rings is 1. The Morgan fingerprint density at radius 3 is 2.56 bits per heavy atom. The molecule has 0 radical (unpaired) electrons. The number of amides is 5. The fourth-order valence-corrected chi connectivity index (χ4v) is 4.93. The van der Waals surface area contributed by atoms with Crippen molar-refractivity contribution in [1.29, 1.82) is 0 Å². The molecule has 0 aromatic heterocycles. The van der Waals surface area contributed by atoms with E-state index < -0.39 is 41.6 Å². The number of carbonyl (C=O) groups excluding carboxylic acids is 6. The molecule has 0 bridgehead atoms. The van der Waals surface area contributed by atoms with Gasteiger partial charge in [-0.05, 0) is 31.0 Å². The topological polar surface area (TPSA) is 155 Å². The van der Waals surface area contributed by atoms with E-state index in [4.69, 9.17) is 4.74 Å². The van der Waals surface area contributed by atoms with Gasteiger partial charge in [-0.15, -0.1) is 0 Å². The van der Waals surface area contributed by atoms with Crippen LogP contribution < -0.4 is 15.4 Å². The van der Waals surface area contributed by atoms with Crippen LogP contribution >= 0.6 is 0 Å². The first-order valence-electron chi connectivity index (χ1n) is 13.3. The average molecular weight is 578 g/mol. The Balaban J connectivity index is 1.93. The molecule has 1 aromatic rings.